The molecule has 2 bridgehead atoms. The van der Waals surface area contributed by atoms with E-state index >= 15 is 0 Å². The molecule has 2 rings (SSSR count). The number of piperidine rings is 1. The van der Waals surface area contributed by atoms with Crippen LogP contribution in [0, 0.1) is 0 Å². The van der Waals surface area contributed by atoms with Gasteiger partial charge in [-0.05, 0) is 25.8 Å². The number of rotatable bonds is 5. The predicted octanol–water partition coefficient (Wildman–Crippen LogP) is 1.76. The van der Waals surface area contributed by atoms with Crippen LogP contribution in [0.15, 0.2) is 0 Å². The molecule has 0 aromatic heterocycles. The smallest absolute Gasteiger partial charge is 0.0623 e. The maximum absolute atomic E-state index is 6.08. The van der Waals surface area contributed by atoms with Crippen molar-refractivity contribution in [3.63, 3.8) is 0 Å². The Balaban J connectivity index is 1.79. The summed E-state index contributed by atoms with van der Waals surface area (Å²) in [6, 6.07) is 1.61. The van der Waals surface area contributed by atoms with Crippen LogP contribution in [0.4, 0.5) is 0 Å². The summed E-state index contributed by atoms with van der Waals surface area (Å²) in [6.07, 6.45) is 7.67. The predicted molar refractivity (Wildman–Crippen MR) is 66.5 cm³/mol. The topological polar surface area (TPSA) is 38.5 Å². The van der Waals surface area contributed by atoms with Gasteiger partial charge in [-0.25, -0.2) is 0 Å². The first-order valence-electron chi connectivity index (χ1n) is 6.90. The minimum absolute atomic E-state index is 0.408. The fourth-order valence-electron chi connectivity index (χ4n) is 3.12. The summed E-state index contributed by atoms with van der Waals surface area (Å²) in [7, 11) is 0. The largest absolute Gasteiger partial charge is 0.378 e. The second-order valence-electron chi connectivity index (χ2n) is 5.38. The van der Waals surface area contributed by atoms with Gasteiger partial charge in [-0.2, -0.15) is 0 Å². The Labute approximate surface area is 99.3 Å². The van der Waals surface area contributed by atoms with Gasteiger partial charge in [0.15, 0.2) is 0 Å². The van der Waals surface area contributed by atoms with Gasteiger partial charge in [0, 0.05) is 18.1 Å². The maximum atomic E-state index is 6.08. The van der Waals surface area contributed by atoms with Crippen LogP contribution >= 0.6 is 0 Å². The molecule has 0 aromatic rings. The molecule has 0 amide bonds. The molecule has 2 saturated heterocycles. The summed E-state index contributed by atoms with van der Waals surface area (Å²) in [5.41, 5.74) is 6.08. The second-order valence-corrected chi connectivity index (χ2v) is 5.38. The van der Waals surface area contributed by atoms with E-state index in [0.29, 0.717) is 18.1 Å². The van der Waals surface area contributed by atoms with E-state index in [0.717, 1.165) is 26.1 Å². The van der Waals surface area contributed by atoms with Gasteiger partial charge in [-0.3, -0.25) is 4.90 Å². The van der Waals surface area contributed by atoms with E-state index in [1.165, 1.54) is 32.2 Å². The Kier molecular flexibility index (Phi) is 4.62. The lowest BCUT2D eigenvalue weighted by Gasteiger charge is -2.47. The van der Waals surface area contributed by atoms with Crippen LogP contribution in [0.25, 0.3) is 0 Å². The molecule has 0 spiro atoms. The molecule has 2 aliphatic rings. The minimum atomic E-state index is 0.408. The molecule has 3 heteroatoms. The van der Waals surface area contributed by atoms with Gasteiger partial charge >= 0.3 is 0 Å². The lowest BCUT2D eigenvalue weighted by Crippen LogP contribution is -2.59. The average molecular weight is 226 g/mol. The number of hydrogen-bond acceptors (Lipinski definition) is 3. The van der Waals surface area contributed by atoms with E-state index < -0.39 is 0 Å². The van der Waals surface area contributed by atoms with E-state index in [-0.39, 0.29) is 0 Å². The number of nitrogens with zero attached hydrogens (tertiary/aromatic N) is 1. The summed E-state index contributed by atoms with van der Waals surface area (Å²) >= 11 is 0. The van der Waals surface area contributed by atoms with E-state index in [1.54, 1.807) is 0 Å². The molecule has 0 aromatic carbocycles. The van der Waals surface area contributed by atoms with Gasteiger partial charge in [0.05, 0.1) is 13.2 Å². The maximum Gasteiger partial charge on any atom is 0.0623 e. The molecular weight excluding hydrogens is 200 g/mol. The summed E-state index contributed by atoms with van der Waals surface area (Å²) in [5, 5.41) is 0. The van der Waals surface area contributed by atoms with Crippen molar-refractivity contribution in [2.24, 2.45) is 5.73 Å². The highest BCUT2D eigenvalue weighted by molar-refractivity contribution is 4.92. The fourth-order valence-corrected chi connectivity index (χ4v) is 3.12. The number of hydrogen-bond donors (Lipinski definition) is 1. The van der Waals surface area contributed by atoms with Gasteiger partial charge < -0.3 is 10.5 Å². The Morgan fingerprint density at radius 3 is 2.44 bits per heavy atom. The van der Waals surface area contributed by atoms with Crippen LogP contribution in [0.5, 0.6) is 0 Å². The Bertz CT molecular complexity index is 196. The van der Waals surface area contributed by atoms with Crippen molar-refractivity contribution in [2.75, 3.05) is 19.8 Å². The molecular formula is C13H26N2O. The van der Waals surface area contributed by atoms with Gasteiger partial charge in [0.25, 0.3) is 0 Å². The molecule has 0 saturated carbocycles. The van der Waals surface area contributed by atoms with Crippen molar-refractivity contribution in [2.45, 2.75) is 63.6 Å². The van der Waals surface area contributed by atoms with Crippen molar-refractivity contribution >= 4 is 0 Å². The second kappa shape index (κ2) is 5.99. The lowest BCUT2D eigenvalue weighted by atomic mass is 9.90. The molecule has 2 aliphatic heterocycles. The standard InChI is InChI=1S/C13H26N2O/c1-2-3-4-5-6-15-12-7-11(14)8-13(15)10-16-9-12/h11-13H,2-10,14H2,1H3/t11?,12-,13+. The Morgan fingerprint density at radius 1 is 1.12 bits per heavy atom. The van der Waals surface area contributed by atoms with Crippen LogP contribution in [-0.4, -0.2) is 42.8 Å². The average Bonchev–Trinajstić information content (AvgIpc) is 2.25. The number of fused-ring (bicyclic) bond motifs is 2. The Morgan fingerprint density at radius 2 is 1.81 bits per heavy atom. The van der Waals surface area contributed by atoms with Gasteiger partial charge in [-0.15, -0.1) is 0 Å². The molecule has 0 aliphatic carbocycles. The number of nitrogens with two attached hydrogens (primary N) is 1. The quantitative estimate of drug-likeness (QED) is 0.726. The monoisotopic (exact) mass is 226 g/mol. The minimum Gasteiger partial charge on any atom is -0.378 e. The zero-order chi connectivity index (χ0) is 11.4. The van der Waals surface area contributed by atoms with Crippen molar-refractivity contribution in [1.82, 2.24) is 4.90 Å². The fraction of sp³-hybridized carbons (Fsp3) is 1.00. The highest BCUT2D eigenvalue weighted by atomic mass is 16.5. The van der Waals surface area contributed by atoms with Crippen molar-refractivity contribution < 1.29 is 4.74 Å². The number of morpholine rings is 1. The highest BCUT2D eigenvalue weighted by Crippen LogP contribution is 2.27. The van der Waals surface area contributed by atoms with Crippen LogP contribution in [-0.2, 0) is 4.74 Å². The molecule has 1 unspecified atom stereocenters. The zero-order valence-corrected chi connectivity index (χ0v) is 10.5. The molecule has 2 fully saturated rings. The first-order valence-corrected chi connectivity index (χ1v) is 6.90. The molecule has 94 valence electrons. The molecule has 2 N–H and O–H groups in total. The first kappa shape index (κ1) is 12.3. The summed E-state index contributed by atoms with van der Waals surface area (Å²) in [4.78, 5) is 2.67. The SMILES string of the molecule is CCCCCCN1[C@@H]2COC[C@H]1CC(N)C2. The van der Waals surface area contributed by atoms with E-state index in [2.05, 4.69) is 11.8 Å². The molecule has 2 heterocycles. The highest BCUT2D eigenvalue weighted by Gasteiger charge is 2.37. The molecule has 0 radical (unpaired) electrons. The summed E-state index contributed by atoms with van der Waals surface area (Å²) < 4.78 is 5.65. The number of unbranched alkanes of at least 4 members (excludes halogenated alkanes) is 3. The number of ether oxygens (including phenoxy) is 1. The lowest BCUT2D eigenvalue weighted by molar-refractivity contribution is -0.0779. The van der Waals surface area contributed by atoms with Crippen LogP contribution < -0.4 is 5.73 Å². The van der Waals surface area contributed by atoms with Crippen LogP contribution in [0.3, 0.4) is 0 Å². The third kappa shape index (κ3) is 2.96. The van der Waals surface area contributed by atoms with Crippen LogP contribution in [0.1, 0.15) is 45.4 Å². The Hall–Kier alpha value is -0.120. The third-order valence-corrected chi connectivity index (χ3v) is 3.98. The van der Waals surface area contributed by atoms with Crippen molar-refractivity contribution in [1.29, 1.82) is 0 Å². The van der Waals surface area contributed by atoms with Gasteiger partial charge in [0.1, 0.15) is 0 Å². The van der Waals surface area contributed by atoms with Crippen molar-refractivity contribution in [3.8, 4) is 0 Å². The van der Waals surface area contributed by atoms with Crippen molar-refractivity contribution in [3.05, 3.63) is 0 Å². The molecule has 3 nitrogen and oxygen atoms in total. The van der Waals surface area contributed by atoms with E-state index in [4.69, 9.17) is 10.5 Å². The van der Waals surface area contributed by atoms with Gasteiger partial charge in [0.2, 0.25) is 0 Å². The molecule has 3 atom stereocenters. The third-order valence-electron chi connectivity index (χ3n) is 3.98. The first-order chi connectivity index (χ1) is 7.81. The van der Waals surface area contributed by atoms with Crippen LogP contribution in [0.2, 0.25) is 0 Å². The van der Waals surface area contributed by atoms with E-state index in [1.807, 2.05) is 0 Å². The summed E-state index contributed by atoms with van der Waals surface area (Å²) in [5.74, 6) is 0. The summed E-state index contributed by atoms with van der Waals surface area (Å²) in [6.45, 7) is 5.32. The van der Waals surface area contributed by atoms with Gasteiger partial charge in [-0.1, -0.05) is 26.2 Å². The normalized spacial score (nSPS) is 35.2. The van der Waals surface area contributed by atoms with E-state index in [9.17, 15) is 0 Å². The zero-order valence-electron chi connectivity index (χ0n) is 10.5. The molecule has 16 heavy (non-hydrogen) atoms.